The Balaban J connectivity index is 0.713. The first-order chi connectivity index (χ1) is 32.4. The first-order valence-electron chi connectivity index (χ1n) is 22.5. The quantitative estimate of drug-likeness (QED) is 0.189. The minimum atomic E-state index is -2.99. The number of hydrogen-bond donors (Lipinski definition) is 2. The van der Waals surface area contributed by atoms with Crippen LogP contribution in [0.15, 0.2) is 72.5 Å². The van der Waals surface area contributed by atoms with E-state index < -0.39 is 48.2 Å². The number of aryl methyl sites for hydroxylation is 1. The van der Waals surface area contributed by atoms with E-state index in [9.17, 15) is 24.0 Å². The van der Waals surface area contributed by atoms with Gasteiger partial charge < -0.3 is 14.4 Å². The molecule has 6 aliphatic heterocycles. The number of imide groups is 1. The van der Waals surface area contributed by atoms with E-state index in [1.54, 1.807) is 59.2 Å². The Morgan fingerprint density at radius 2 is 1.69 bits per heavy atom. The molecule has 0 aliphatic carbocycles. The van der Waals surface area contributed by atoms with Gasteiger partial charge in [0.2, 0.25) is 5.91 Å². The average molecular weight is 934 g/mol. The Labute approximate surface area is 386 Å². The van der Waals surface area contributed by atoms with Crippen molar-refractivity contribution in [3.8, 4) is 11.1 Å². The summed E-state index contributed by atoms with van der Waals surface area (Å²) in [4.78, 5) is 81.0. The van der Waals surface area contributed by atoms with Crippen LogP contribution < -0.4 is 15.5 Å². The number of urea groups is 1. The predicted octanol–water partition coefficient (Wildman–Crippen LogP) is 5.27. The molecule has 0 saturated carbocycles. The van der Waals surface area contributed by atoms with Gasteiger partial charge in [0, 0.05) is 91.9 Å². The summed E-state index contributed by atoms with van der Waals surface area (Å²) in [5.41, 5.74) is 5.66. The minimum absolute atomic E-state index is 0.116. The van der Waals surface area contributed by atoms with Crippen LogP contribution in [0.1, 0.15) is 74.1 Å². The van der Waals surface area contributed by atoms with Gasteiger partial charge in [-0.25, -0.2) is 38.0 Å². The SMILES string of the molecule is O=C1CCN(N2Cc3cc(CN4CCN(C5CCN(c6ccc(-c7cc(F)c8c(c7)C(=O)N(C(C(=O)Nc7nccs7)c7ncn9c7CCC9)C8)cc6)CC5(F)F)CC4)ccc3C2=O)C(=O)N1. The van der Waals surface area contributed by atoms with Crippen LogP contribution >= 0.6 is 11.3 Å². The Morgan fingerprint density at radius 1 is 0.866 bits per heavy atom. The molecule has 67 heavy (non-hydrogen) atoms. The molecule has 346 valence electrons. The largest absolute Gasteiger partial charge is 0.365 e. The number of benzene rings is 3. The van der Waals surface area contributed by atoms with Gasteiger partial charge in [-0.1, -0.05) is 24.3 Å². The Bertz CT molecular complexity index is 2810. The van der Waals surface area contributed by atoms with Crippen molar-refractivity contribution in [3.05, 3.63) is 118 Å². The van der Waals surface area contributed by atoms with Crippen molar-refractivity contribution in [3.63, 3.8) is 0 Å². The van der Waals surface area contributed by atoms with Gasteiger partial charge in [0.25, 0.3) is 23.6 Å². The van der Waals surface area contributed by atoms with Gasteiger partial charge in [0.1, 0.15) is 5.82 Å². The van der Waals surface area contributed by atoms with Crippen molar-refractivity contribution >= 4 is 51.8 Å². The summed E-state index contributed by atoms with van der Waals surface area (Å²) in [6.07, 6.45) is 5.23. The fraction of sp³-hybridized carbons (Fsp3) is 0.383. The van der Waals surface area contributed by atoms with Gasteiger partial charge in [-0.3, -0.25) is 39.6 Å². The summed E-state index contributed by atoms with van der Waals surface area (Å²) >= 11 is 1.25. The van der Waals surface area contributed by atoms with Crippen LogP contribution in [-0.2, 0) is 42.2 Å². The lowest BCUT2D eigenvalue weighted by atomic mass is 9.96. The molecule has 11 rings (SSSR count). The number of aromatic nitrogens is 3. The number of anilines is 2. The number of carbonyl (C=O) groups excluding carboxylic acids is 5. The highest BCUT2D eigenvalue weighted by molar-refractivity contribution is 7.13. The maximum Gasteiger partial charge on any atom is 0.342 e. The summed E-state index contributed by atoms with van der Waals surface area (Å²) in [7, 11) is 0. The van der Waals surface area contributed by atoms with Crippen LogP contribution in [0.4, 0.5) is 28.8 Å². The van der Waals surface area contributed by atoms with Crippen LogP contribution in [0.25, 0.3) is 11.1 Å². The van der Waals surface area contributed by atoms with Crippen molar-refractivity contribution in [2.24, 2.45) is 0 Å². The van der Waals surface area contributed by atoms with E-state index >= 15 is 13.2 Å². The molecule has 2 unspecified atom stereocenters. The third-order valence-corrected chi connectivity index (χ3v) is 14.6. The zero-order valence-corrected chi connectivity index (χ0v) is 37.1. The van der Waals surface area contributed by atoms with Gasteiger partial charge >= 0.3 is 6.03 Å². The second-order valence-corrected chi connectivity index (χ2v) is 18.8. The number of carbonyl (C=O) groups is 5. The number of hydrogen-bond acceptors (Lipinski definition) is 11. The third kappa shape index (κ3) is 7.89. The second kappa shape index (κ2) is 16.9. The number of nitrogens with zero attached hydrogens (tertiary/aromatic N) is 9. The number of imidazole rings is 1. The first-order valence-corrected chi connectivity index (χ1v) is 23.4. The molecule has 6 aliphatic rings. The fourth-order valence-corrected chi connectivity index (χ4v) is 11.1. The molecule has 16 nitrogen and oxygen atoms in total. The second-order valence-electron chi connectivity index (χ2n) is 17.9. The van der Waals surface area contributed by atoms with Crippen molar-refractivity contribution in [2.45, 2.75) is 69.9 Å². The van der Waals surface area contributed by atoms with Crippen molar-refractivity contribution in [1.29, 1.82) is 0 Å². The molecule has 6 amide bonds. The number of hydrazine groups is 1. The average Bonchev–Trinajstić information content (AvgIpc) is 4.17. The molecule has 3 aromatic carbocycles. The molecule has 3 fully saturated rings. The van der Waals surface area contributed by atoms with Crippen LogP contribution in [0.3, 0.4) is 0 Å². The van der Waals surface area contributed by atoms with E-state index in [4.69, 9.17) is 0 Å². The highest BCUT2D eigenvalue weighted by Gasteiger charge is 2.48. The van der Waals surface area contributed by atoms with E-state index in [1.165, 1.54) is 32.3 Å². The molecular weight excluding hydrogens is 888 g/mol. The Kier molecular flexibility index (Phi) is 10.8. The molecule has 5 aromatic rings. The molecular formula is C47H46F3N11O5S. The molecule has 0 bridgehead atoms. The van der Waals surface area contributed by atoms with E-state index in [0.29, 0.717) is 78.9 Å². The zero-order valence-electron chi connectivity index (χ0n) is 36.3. The summed E-state index contributed by atoms with van der Waals surface area (Å²) in [6.45, 7) is 3.74. The molecule has 3 saturated heterocycles. The standard InChI is InChI=1S/C47H46F3N11O5S/c48-36-22-30(21-34-35(36)25-59(43(34)64)41(42(63)54-45-51-11-19-67-45)40-37-2-1-12-58(37)27-52-40)29-4-6-32(7-5-29)57-13-9-38(47(49,50)26-57)56-17-15-55(16-18-56)23-28-3-8-33-31(20-28)24-61(44(33)65)60-14-10-39(62)53-46(60)66/h3-8,11,19-22,27,38,41H,1-2,9-10,12-18,23-26H2,(H,51,54,63)(H,53,62,66). The van der Waals surface area contributed by atoms with Crippen molar-refractivity contribution < 1.29 is 37.1 Å². The fourth-order valence-electron chi connectivity index (χ4n) is 10.6. The van der Waals surface area contributed by atoms with Gasteiger partial charge in [-0.2, -0.15) is 0 Å². The van der Waals surface area contributed by atoms with E-state index in [1.807, 2.05) is 21.6 Å². The number of piperazine rings is 1. The zero-order chi connectivity index (χ0) is 46.1. The van der Waals surface area contributed by atoms with Gasteiger partial charge in [0.05, 0.1) is 44.2 Å². The number of halogens is 3. The maximum absolute atomic E-state index is 16.1. The monoisotopic (exact) mass is 933 g/mol. The molecule has 20 heteroatoms. The lowest BCUT2D eigenvalue weighted by Crippen LogP contribution is -2.61. The Morgan fingerprint density at radius 3 is 2.45 bits per heavy atom. The van der Waals surface area contributed by atoms with Crippen LogP contribution in [0.2, 0.25) is 0 Å². The maximum atomic E-state index is 16.1. The third-order valence-electron chi connectivity index (χ3n) is 13.9. The van der Waals surface area contributed by atoms with Crippen LogP contribution in [0.5, 0.6) is 0 Å². The van der Waals surface area contributed by atoms with E-state index in [-0.39, 0.29) is 55.4 Å². The van der Waals surface area contributed by atoms with Gasteiger partial charge in [-0.15, -0.1) is 11.3 Å². The topological polar surface area (TPSA) is 160 Å². The Hall–Kier alpha value is -6.64. The number of rotatable bonds is 10. The highest BCUT2D eigenvalue weighted by atomic mass is 32.1. The lowest BCUT2D eigenvalue weighted by molar-refractivity contribution is -0.123. The minimum Gasteiger partial charge on any atom is -0.365 e. The van der Waals surface area contributed by atoms with Crippen molar-refractivity contribution in [1.82, 2.24) is 44.6 Å². The molecule has 8 heterocycles. The number of thiazole rings is 1. The number of piperidine rings is 1. The van der Waals surface area contributed by atoms with Gasteiger partial charge in [-0.05, 0) is 71.8 Å². The lowest BCUT2D eigenvalue weighted by Gasteiger charge is -2.47. The number of amides is 6. The summed E-state index contributed by atoms with van der Waals surface area (Å²) in [5, 5.41) is 9.82. The number of alkyl halides is 2. The summed E-state index contributed by atoms with van der Waals surface area (Å²) < 4.78 is 50.1. The highest BCUT2D eigenvalue weighted by Crippen LogP contribution is 2.40. The van der Waals surface area contributed by atoms with E-state index in [2.05, 4.69) is 25.5 Å². The number of fused-ring (bicyclic) bond motifs is 3. The van der Waals surface area contributed by atoms with Crippen molar-refractivity contribution in [2.75, 3.05) is 56.0 Å². The van der Waals surface area contributed by atoms with Gasteiger partial charge in [0.15, 0.2) is 11.2 Å². The molecule has 0 radical (unpaired) electrons. The smallest absolute Gasteiger partial charge is 0.342 e. The number of nitrogens with one attached hydrogen (secondary N) is 2. The summed E-state index contributed by atoms with van der Waals surface area (Å²) in [5.74, 6) is -5.21. The predicted molar refractivity (Wildman–Crippen MR) is 239 cm³/mol. The molecule has 2 N–H and O–H groups in total. The normalized spacial score (nSPS) is 21.1. The first kappa shape index (κ1) is 43.0. The molecule has 2 atom stereocenters. The van der Waals surface area contributed by atoms with E-state index in [0.717, 1.165) is 29.8 Å². The van der Waals surface area contributed by atoms with Crippen LogP contribution in [0, 0.1) is 5.82 Å². The van der Waals surface area contributed by atoms with Crippen LogP contribution in [-0.4, -0.2) is 127 Å². The summed E-state index contributed by atoms with van der Waals surface area (Å²) in [6, 6.07) is 13.0. The molecule has 0 spiro atoms. The molecule has 2 aromatic heterocycles.